The summed E-state index contributed by atoms with van der Waals surface area (Å²) >= 11 is 0. The van der Waals surface area contributed by atoms with Gasteiger partial charge in [0, 0.05) is 18.5 Å². The number of pyridine rings is 1. The lowest BCUT2D eigenvalue weighted by atomic mass is 10.2. The van der Waals surface area contributed by atoms with E-state index in [1.807, 2.05) is 0 Å². The zero-order valence-corrected chi connectivity index (χ0v) is 7.27. The molecule has 0 unspecified atom stereocenters. The van der Waals surface area contributed by atoms with Crippen molar-refractivity contribution >= 4 is 12.5 Å². The number of hydrogen-bond donors (Lipinski definition) is 1. The molecule has 1 heterocycles. The van der Waals surface area contributed by atoms with Gasteiger partial charge in [0.1, 0.15) is 0 Å². The van der Waals surface area contributed by atoms with Gasteiger partial charge in [-0.25, -0.2) is 0 Å². The van der Waals surface area contributed by atoms with Gasteiger partial charge < -0.3 is 5.84 Å². The summed E-state index contributed by atoms with van der Waals surface area (Å²) in [6, 6.07) is 3.24. The quantitative estimate of drug-likeness (QED) is 0.298. The van der Waals surface area contributed by atoms with Crippen molar-refractivity contribution in [1.29, 1.82) is 0 Å². The largest absolute Gasteiger partial charge is 0.338 e. The zero-order chi connectivity index (χ0) is 9.84. The molecule has 0 fully saturated rings. The molecule has 0 aliphatic heterocycles. The van der Waals surface area contributed by atoms with E-state index in [4.69, 9.17) is 5.84 Å². The summed E-state index contributed by atoms with van der Waals surface area (Å²) in [4.78, 5) is 10.9. The number of hydrogen-bond acceptors (Lipinski definition) is 4. The van der Waals surface area contributed by atoms with E-state index >= 15 is 0 Å². The molecule has 1 aromatic heterocycles. The van der Waals surface area contributed by atoms with Crippen LogP contribution in [0.4, 0.5) is 0 Å². The van der Waals surface area contributed by atoms with Crippen LogP contribution in [0.3, 0.4) is 0 Å². The maximum absolute atomic E-state index is 10.9. The van der Waals surface area contributed by atoms with E-state index in [9.17, 15) is 4.79 Å². The molecule has 0 saturated carbocycles. The minimum absolute atomic E-state index is 0.0442. The van der Waals surface area contributed by atoms with Crippen LogP contribution in [0.2, 0.25) is 0 Å². The molecule has 0 bridgehead atoms. The first-order valence-corrected chi connectivity index (χ1v) is 3.63. The van der Waals surface area contributed by atoms with Gasteiger partial charge in [-0.3, -0.25) is 9.47 Å². The first-order chi connectivity index (χ1) is 6.15. The molecule has 0 aliphatic carbocycles. The van der Waals surface area contributed by atoms with E-state index < -0.39 is 0 Å². The Labute approximate surface area is 75.2 Å². The van der Waals surface area contributed by atoms with Crippen LogP contribution in [0.5, 0.6) is 0 Å². The van der Waals surface area contributed by atoms with Gasteiger partial charge in [-0.1, -0.05) is 0 Å². The number of ketones is 1. The Morgan fingerprint density at radius 3 is 2.77 bits per heavy atom. The van der Waals surface area contributed by atoms with Crippen molar-refractivity contribution in [1.82, 2.24) is 4.68 Å². The molecule has 1 aromatic rings. The van der Waals surface area contributed by atoms with Gasteiger partial charge in [-0.2, -0.15) is 5.10 Å². The topological polar surface area (TPSA) is 72.7 Å². The maximum atomic E-state index is 10.9. The molecule has 13 heavy (non-hydrogen) atoms. The summed E-state index contributed by atoms with van der Waals surface area (Å²) in [5.41, 5.74) is 0.977. The lowest BCUT2D eigenvalue weighted by Gasteiger charge is -2.00. The normalized spacial score (nSPS) is 11.3. The SMILES string of the molecule is C=N/N=c1/ccc(C(C)=O)cn1N. The van der Waals surface area contributed by atoms with Crippen molar-refractivity contribution in [3.63, 3.8) is 0 Å². The molecule has 0 aromatic carbocycles. The highest BCUT2D eigenvalue weighted by molar-refractivity contribution is 5.93. The van der Waals surface area contributed by atoms with E-state index in [1.165, 1.54) is 17.8 Å². The third-order valence-corrected chi connectivity index (χ3v) is 1.53. The number of carbonyl (C=O) groups is 1. The Morgan fingerprint density at radius 1 is 1.62 bits per heavy atom. The average Bonchev–Trinajstić information content (AvgIpc) is 2.08. The number of nitrogens with two attached hydrogens (primary N) is 1. The molecule has 0 spiro atoms. The van der Waals surface area contributed by atoms with Crippen LogP contribution in [0.1, 0.15) is 17.3 Å². The monoisotopic (exact) mass is 178 g/mol. The standard InChI is InChI=1S/C8H10N4O/c1-6(13)7-3-4-8(11-10-2)12(9)5-7/h3-5H,2,9H2,1H3/b11-8-. The fraction of sp³-hybridized carbons (Fsp3) is 0.125. The fourth-order valence-corrected chi connectivity index (χ4v) is 0.875. The van der Waals surface area contributed by atoms with Crippen LogP contribution in [0.15, 0.2) is 28.5 Å². The number of aromatic nitrogens is 1. The summed E-state index contributed by atoms with van der Waals surface area (Å²) in [6.07, 6.45) is 1.49. The Hall–Kier alpha value is -1.91. The van der Waals surface area contributed by atoms with Gasteiger partial charge in [-0.15, -0.1) is 5.10 Å². The van der Waals surface area contributed by atoms with Gasteiger partial charge in [0.25, 0.3) is 0 Å². The highest BCUT2D eigenvalue weighted by atomic mass is 16.1. The van der Waals surface area contributed by atoms with Crippen LogP contribution >= 0.6 is 0 Å². The smallest absolute Gasteiger partial charge is 0.173 e. The second-order valence-corrected chi connectivity index (χ2v) is 2.48. The number of nitrogens with zero attached hydrogens (tertiary/aromatic N) is 3. The summed E-state index contributed by atoms with van der Waals surface area (Å²) in [5, 5.41) is 6.98. The number of Topliss-reactive ketones (excluding diaryl/α,β-unsaturated/α-hetero) is 1. The third kappa shape index (κ3) is 2.02. The van der Waals surface area contributed by atoms with E-state index in [0.717, 1.165) is 0 Å². The van der Waals surface area contributed by atoms with Crippen molar-refractivity contribution in [2.24, 2.45) is 10.2 Å². The molecule has 0 amide bonds. The Morgan fingerprint density at radius 2 is 2.31 bits per heavy atom. The van der Waals surface area contributed by atoms with E-state index in [2.05, 4.69) is 16.9 Å². The minimum atomic E-state index is -0.0442. The number of rotatable bonds is 2. The lowest BCUT2D eigenvalue weighted by Crippen LogP contribution is -2.27. The van der Waals surface area contributed by atoms with Gasteiger partial charge in [0.05, 0.1) is 0 Å². The average molecular weight is 178 g/mol. The van der Waals surface area contributed by atoms with Crippen LogP contribution in [0, 0.1) is 0 Å². The molecule has 0 radical (unpaired) electrons. The lowest BCUT2D eigenvalue weighted by molar-refractivity contribution is 0.101. The summed E-state index contributed by atoms with van der Waals surface area (Å²) in [6.45, 7) is 4.67. The van der Waals surface area contributed by atoms with E-state index in [-0.39, 0.29) is 5.78 Å². The van der Waals surface area contributed by atoms with Crippen molar-refractivity contribution in [3.8, 4) is 0 Å². The molecule has 5 nitrogen and oxygen atoms in total. The Kier molecular flexibility index (Phi) is 2.59. The van der Waals surface area contributed by atoms with Crippen molar-refractivity contribution < 1.29 is 4.79 Å². The van der Waals surface area contributed by atoms with Crippen LogP contribution < -0.4 is 11.3 Å². The molecule has 0 atom stereocenters. The molecular formula is C8H10N4O. The highest BCUT2D eigenvalue weighted by Crippen LogP contribution is 1.94. The van der Waals surface area contributed by atoms with Crippen LogP contribution in [-0.2, 0) is 0 Å². The zero-order valence-electron chi connectivity index (χ0n) is 7.27. The van der Waals surface area contributed by atoms with Gasteiger partial charge >= 0.3 is 0 Å². The molecule has 2 N–H and O–H groups in total. The highest BCUT2D eigenvalue weighted by Gasteiger charge is 1.98. The van der Waals surface area contributed by atoms with Crippen molar-refractivity contribution in [2.75, 3.05) is 5.84 Å². The second kappa shape index (κ2) is 3.66. The Balaban J connectivity index is 3.28. The first-order valence-electron chi connectivity index (χ1n) is 3.63. The van der Waals surface area contributed by atoms with Crippen LogP contribution in [0.25, 0.3) is 0 Å². The first kappa shape index (κ1) is 9.18. The fourth-order valence-electron chi connectivity index (χ4n) is 0.875. The van der Waals surface area contributed by atoms with Gasteiger partial charge in [0.15, 0.2) is 11.3 Å². The predicted molar refractivity (Wildman–Crippen MR) is 49.7 cm³/mol. The van der Waals surface area contributed by atoms with Gasteiger partial charge in [0.2, 0.25) is 0 Å². The van der Waals surface area contributed by atoms with Crippen molar-refractivity contribution in [2.45, 2.75) is 6.92 Å². The van der Waals surface area contributed by atoms with E-state index in [1.54, 1.807) is 12.1 Å². The van der Waals surface area contributed by atoms with E-state index in [0.29, 0.717) is 11.1 Å². The summed E-state index contributed by atoms with van der Waals surface area (Å²) < 4.78 is 1.23. The maximum Gasteiger partial charge on any atom is 0.173 e. The number of nitrogen functional groups attached to an aromatic ring is 1. The van der Waals surface area contributed by atoms with Crippen LogP contribution in [-0.4, -0.2) is 17.2 Å². The summed E-state index contributed by atoms with van der Waals surface area (Å²) in [7, 11) is 0. The molecule has 5 heteroatoms. The summed E-state index contributed by atoms with van der Waals surface area (Å²) in [5.74, 6) is 5.48. The third-order valence-electron chi connectivity index (χ3n) is 1.53. The molecule has 0 aliphatic rings. The molecule has 0 saturated heterocycles. The minimum Gasteiger partial charge on any atom is -0.338 e. The Bertz CT molecular complexity index is 405. The van der Waals surface area contributed by atoms with Crippen molar-refractivity contribution in [3.05, 3.63) is 29.4 Å². The number of carbonyl (C=O) groups excluding carboxylic acids is 1. The molecule has 68 valence electrons. The predicted octanol–water partition coefficient (Wildman–Crippen LogP) is -0.0792. The molecule has 1 rings (SSSR count). The second-order valence-electron chi connectivity index (χ2n) is 2.48. The van der Waals surface area contributed by atoms with Gasteiger partial charge in [-0.05, 0) is 19.1 Å². The molecular weight excluding hydrogens is 168 g/mol.